The van der Waals surface area contributed by atoms with Crippen LogP contribution in [0.5, 0.6) is 11.5 Å². The Hall–Kier alpha value is -4.20. The minimum atomic E-state index is -0.250. The van der Waals surface area contributed by atoms with Gasteiger partial charge in [0.05, 0.1) is 18.8 Å². The number of ether oxygens (including phenoxy) is 2. The fraction of sp³-hybridized carbons (Fsp3) is 0.167. The maximum absolute atomic E-state index is 13.5. The van der Waals surface area contributed by atoms with E-state index in [4.69, 9.17) is 9.47 Å². The van der Waals surface area contributed by atoms with Crippen molar-refractivity contribution in [2.75, 3.05) is 18.6 Å². The number of anilines is 1. The van der Waals surface area contributed by atoms with Gasteiger partial charge in [0.25, 0.3) is 5.91 Å². The minimum Gasteiger partial charge on any atom is -0.497 e. The lowest BCUT2D eigenvalue weighted by atomic mass is 10.0. The topological polar surface area (TPSA) is 82.4 Å². The van der Waals surface area contributed by atoms with Crippen molar-refractivity contribution in [1.82, 2.24) is 20.2 Å². The molecule has 1 atom stereocenters. The molecule has 160 valence electrons. The monoisotopic (exact) mass is 427 g/mol. The highest BCUT2D eigenvalue weighted by molar-refractivity contribution is 5.96. The molecule has 0 bridgehead atoms. The lowest BCUT2D eigenvalue weighted by Crippen LogP contribution is -2.43. The van der Waals surface area contributed by atoms with Crippen LogP contribution in [0.15, 0.2) is 78.9 Å². The van der Waals surface area contributed by atoms with Crippen LogP contribution in [0.4, 0.5) is 5.69 Å². The quantitative estimate of drug-likeness (QED) is 0.485. The Kier molecular flexibility index (Phi) is 5.25. The van der Waals surface area contributed by atoms with Crippen LogP contribution in [-0.4, -0.2) is 39.8 Å². The SMILES string of the molecule is COc1cccc(-c2nnn(CC(=O)N3c4ccccc4OC[C@@H]3c3ccccc3)n2)c1. The third kappa shape index (κ3) is 3.78. The summed E-state index contributed by atoms with van der Waals surface area (Å²) >= 11 is 0. The molecule has 1 aliphatic rings. The second kappa shape index (κ2) is 8.50. The van der Waals surface area contributed by atoms with Gasteiger partial charge in [0.15, 0.2) is 0 Å². The molecule has 0 spiro atoms. The third-order valence-electron chi connectivity index (χ3n) is 5.34. The zero-order valence-corrected chi connectivity index (χ0v) is 17.5. The van der Waals surface area contributed by atoms with Crippen LogP contribution in [0, 0.1) is 0 Å². The molecule has 32 heavy (non-hydrogen) atoms. The molecule has 0 radical (unpaired) electrons. The molecular formula is C24H21N5O3. The van der Waals surface area contributed by atoms with Crippen molar-refractivity contribution in [3.8, 4) is 22.9 Å². The van der Waals surface area contributed by atoms with Gasteiger partial charge in [0.1, 0.15) is 24.7 Å². The van der Waals surface area contributed by atoms with Gasteiger partial charge >= 0.3 is 0 Å². The van der Waals surface area contributed by atoms with Crippen LogP contribution in [0.2, 0.25) is 0 Å². The maximum atomic E-state index is 13.5. The first-order valence-electron chi connectivity index (χ1n) is 10.2. The van der Waals surface area contributed by atoms with Gasteiger partial charge < -0.3 is 9.47 Å². The van der Waals surface area contributed by atoms with Gasteiger partial charge in [-0.1, -0.05) is 54.6 Å². The number of methoxy groups -OCH3 is 1. The normalized spacial score (nSPS) is 15.0. The molecule has 1 aromatic heterocycles. The zero-order valence-electron chi connectivity index (χ0n) is 17.5. The van der Waals surface area contributed by atoms with E-state index in [1.807, 2.05) is 78.9 Å². The van der Waals surface area contributed by atoms with Gasteiger partial charge in [0, 0.05) is 5.56 Å². The molecule has 5 rings (SSSR count). The van der Waals surface area contributed by atoms with Crippen LogP contribution >= 0.6 is 0 Å². The number of carbonyl (C=O) groups is 1. The molecule has 0 fully saturated rings. The smallest absolute Gasteiger partial charge is 0.251 e. The summed E-state index contributed by atoms with van der Waals surface area (Å²) in [5.74, 6) is 1.66. The predicted molar refractivity (Wildman–Crippen MR) is 118 cm³/mol. The Bertz CT molecular complexity index is 1240. The molecule has 3 aromatic carbocycles. The summed E-state index contributed by atoms with van der Waals surface area (Å²) in [7, 11) is 1.60. The number of rotatable bonds is 5. The second-order valence-corrected chi connectivity index (χ2v) is 7.34. The van der Waals surface area contributed by atoms with E-state index in [1.54, 1.807) is 12.0 Å². The minimum absolute atomic E-state index is 0.0470. The van der Waals surface area contributed by atoms with E-state index in [2.05, 4.69) is 15.4 Å². The first-order chi connectivity index (χ1) is 15.7. The Labute approximate surface area is 185 Å². The molecule has 8 nitrogen and oxygen atoms in total. The molecule has 2 heterocycles. The van der Waals surface area contributed by atoms with Crippen LogP contribution in [0.25, 0.3) is 11.4 Å². The fourth-order valence-corrected chi connectivity index (χ4v) is 3.80. The van der Waals surface area contributed by atoms with Crippen LogP contribution in [0.3, 0.4) is 0 Å². The molecule has 0 unspecified atom stereocenters. The van der Waals surface area contributed by atoms with Gasteiger partial charge in [-0.3, -0.25) is 9.69 Å². The lowest BCUT2D eigenvalue weighted by Gasteiger charge is -2.37. The van der Waals surface area contributed by atoms with E-state index in [0.717, 1.165) is 16.8 Å². The third-order valence-corrected chi connectivity index (χ3v) is 5.34. The van der Waals surface area contributed by atoms with Crippen LogP contribution < -0.4 is 14.4 Å². The fourth-order valence-electron chi connectivity index (χ4n) is 3.80. The first kappa shape index (κ1) is 19.7. The number of fused-ring (bicyclic) bond motifs is 1. The zero-order chi connectivity index (χ0) is 21.9. The second-order valence-electron chi connectivity index (χ2n) is 7.34. The summed E-state index contributed by atoms with van der Waals surface area (Å²) in [6.07, 6.45) is 0. The van der Waals surface area contributed by atoms with Gasteiger partial charge in [-0.25, -0.2) is 0 Å². The Balaban J connectivity index is 1.44. The molecule has 1 aliphatic heterocycles. The van der Waals surface area contributed by atoms with Gasteiger partial charge in [0.2, 0.25) is 5.82 Å². The molecule has 4 aromatic rings. The molecule has 1 amide bonds. The molecule has 0 aliphatic carbocycles. The molecule has 0 N–H and O–H groups in total. The number of amides is 1. The number of nitrogens with zero attached hydrogens (tertiary/aromatic N) is 5. The van der Waals surface area contributed by atoms with Crippen molar-refractivity contribution < 1.29 is 14.3 Å². The van der Waals surface area contributed by atoms with Crippen molar-refractivity contribution in [2.45, 2.75) is 12.6 Å². The van der Waals surface area contributed by atoms with Crippen molar-refractivity contribution in [3.63, 3.8) is 0 Å². The lowest BCUT2D eigenvalue weighted by molar-refractivity contribution is -0.120. The van der Waals surface area contributed by atoms with E-state index < -0.39 is 0 Å². The van der Waals surface area contributed by atoms with Crippen molar-refractivity contribution >= 4 is 11.6 Å². The highest BCUT2D eigenvalue weighted by Crippen LogP contribution is 2.39. The van der Waals surface area contributed by atoms with E-state index in [1.165, 1.54) is 4.80 Å². The largest absolute Gasteiger partial charge is 0.497 e. The average molecular weight is 427 g/mol. The summed E-state index contributed by atoms with van der Waals surface area (Å²) in [5.41, 5.74) is 2.49. The number of aromatic nitrogens is 4. The highest BCUT2D eigenvalue weighted by Gasteiger charge is 2.33. The van der Waals surface area contributed by atoms with Crippen LogP contribution in [0.1, 0.15) is 11.6 Å². The number of benzene rings is 3. The van der Waals surface area contributed by atoms with E-state index in [-0.39, 0.29) is 18.5 Å². The van der Waals surface area contributed by atoms with Crippen molar-refractivity contribution in [1.29, 1.82) is 0 Å². The van der Waals surface area contributed by atoms with Gasteiger partial charge in [-0.15, -0.1) is 10.2 Å². The number of carbonyl (C=O) groups excluding carboxylic acids is 1. The van der Waals surface area contributed by atoms with Crippen molar-refractivity contribution in [3.05, 3.63) is 84.4 Å². The van der Waals surface area contributed by atoms with Gasteiger partial charge in [-0.2, -0.15) is 4.80 Å². The average Bonchev–Trinajstić information content (AvgIpc) is 3.32. The van der Waals surface area contributed by atoms with E-state index in [9.17, 15) is 4.79 Å². The summed E-state index contributed by atoms with van der Waals surface area (Å²) in [5, 5.41) is 12.6. The number of hydrogen-bond donors (Lipinski definition) is 0. The first-order valence-corrected chi connectivity index (χ1v) is 10.2. The molecule has 0 saturated carbocycles. The Morgan fingerprint density at radius 1 is 1.06 bits per heavy atom. The molecule has 0 saturated heterocycles. The Morgan fingerprint density at radius 2 is 1.88 bits per heavy atom. The van der Waals surface area contributed by atoms with E-state index >= 15 is 0 Å². The maximum Gasteiger partial charge on any atom is 0.251 e. The van der Waals surface area contributed by atoms with Crippen LogP contribution in [-0.2, 0) is 11.3 Å². The number of para-hydroxylation sites is 2. The van der Waals surface area contributed by atoms with Crippen molar-refractivity contribution in [2.24, 2.45) is 0 Å². The van der Waals surface area contributed by atoms with E-state index in [0.29, 0.717) is 23.9 Å². The summed E-state index contributed by atoms with van der Waals surface area (Å²) < 4.78 is 11.2. The van der Waals surface area contributed by atoms with Gasteiger partial charge in [-0.05, 0) is 35.0 Å². The summed E-state index contributed by atoms with van der Waals surface area (Å²) in [6, 6.07) is 24.5. The molecule has 8 heteroatoms. The summed E-state index contributed by atoms with van der Waals surface area (Å²) in [4.78, 5) is 16.6. The highest BCUT2D eigenvalue weighted by atomic mass is 16.5. The predicted octanol–water partition coefficient (Wildman–Crippen LogP) is 3.52. The number of tetrazole rings is 1. The Morgan fingerprint density at radius 3 is 2.72 bits per heavy atom. The molecular weight excluding hydrogens is 406 g/mol. The standard InChI is InChI=1S/C24H21N5O3/c1-31-19-11-7-10-18(14-19)24-25-27-28(26-24)15-23(30)29-20-12-5-6-13-22(20)32-16-21(29)17-8-3-2-4-9-17/h2-14,21H,15-16H2,1H3/t21-/m1/s1. The number of hydrogen-bond acceptors (Lipinski definition) is 6. The summed E-state index contributed by atoms with van der Waals surface area (Å²) in [6.45, 7) is 0.321.